The summed E-state index contributed by atoms with van der Waals surface area (Å²) in [5.41, 5.74) is 3.80. The highest BCUT2D eigenvalue weighted by Gasteiger charge is 2.33. The van der Waals surface area contributed by atoms with Gasteiger partial charge in [-0.25, -0.2) is 0 Å². The zero-order valence-corrected chi connectivity index (χ0v) is 17.4. The summed E-state index contributed by atoms with van der Waals surface area (Å²) < 4.78 is 40.9. The molecule has 3 aromatic rings. The van der Waals surface area contributed by atoms with Gasteiger partial charge in [0.15, 0.2) is 0 Å². The fourth-order valence-electron chi connectivity index (χ4n) is 3.98. The molecule has 0 atom stereocenters. The first kappa shape index (κ1) is 21.4. The number of anilines is 1. The summed E-state index contributed by atoms with van der Waals surface area (Å²) in [7, 11) is 0. The van der Waals surface area contributed by atoms with E-state index in [2.05, 4.69) is 5.32 Å². The van der Waals surface area contributed by atoms with Crippen molar-refractivity contribution in [2.24, 2.45) is 0 Å². The van der Waals surface area contributed by atoms with Crippen molar-refractivity contribution in [3.8, 4) is 5.69 Å². The summed E-state index contributed by atoms with van der Waals surface area (Å²) in [6.07, 6.45) is -2.85. The standard InChI is InChI=1S/C23H18F3N3O3/c1-12-8-17(29(31)32)5-7-21(12)28-13(2)9-15(14(28)3)10-19-18-6-4-16(23(24,25)26)11-20(18)27-22(19)30/h4-11H,1-3H3,(H,27,30)/b19-10+. The molecule has 1 aromatic heterocycles. The monoisotopic (exact) mass is 441 g/mol. The molecule has 2 aromatic carbocycles. The van der Waals surface area contributed by atoms with Crippen LogP contribution in [0.25, 0.3) is 17.3 Å². The number of rotatable bonds is 3. The SMILES string of the molecule is Cc1cc([N+](=O)[O-])ccc1-n1c(C)cc(/C=C2/C(=O)Nc3cc(C(F)(F)F)ccc32)c1C. The summed E-state index contributed by atoms with van der Waals surface area (Å²) in [6.45, 7) is 5.49. The van der Waals surface area contributed by atoms with Crippen molar-refractivity contribution in [3.05, 3.63) is 86.2 Å². The maximum atomic E-state index is 13.0. The van der Waals surface area contributed by atoms with Gasteiger partial charge in [-0.15, -0.1) is 0 Å². The third-order valence-electron chi connectivity index (χ3n) is 5.53. The minimum absolute atomic E-state index is 0.00601. The number of amides is 1. The highest BCUT2D eigenvalue weighted by molar-refractivity contribution is 6.35. The third-order valence-corrected chi connectivity index (χ3v) is 5.53. The molecular formula is C23H18F3N3O3. The average Bonchev–Trinajstić information content (AvgIpc) is 3.16. The minimum atomic E-state index is -4.50. The van der Waals surface area contributed by atoms with Gasteiger partial charge in [0, 0.05) is 46.0 Å². The van der Waals surface area contributed by atoms with Gasteiger partial charge in [-0.05, 0) is 62.2 Å². The van der Waals surface area contributed by atoms with E-state index in [0.29, 0.717) is 11.1 Å². The van der Waals surface area contributed by atoms with Gasteiger partial charge < -0.3 is 9.88 Å². The summed E-state index contributed by atoms with van der Waals surface area (Å²) >= 11 is 0. The fourth-order valence-corrected chi connectivity index (χ4v) is 3.98. The van der Waals surface area contributed by atoms with Crippen molar-refractivity contribution in [3.63, 3.8) is 0 Å². The van der Waals surface area contributed by atoms with Crippen LogP contribution in [0.3, 0.4) is 0 Å². The second-order valence-electron chi connectivity index (χ2n) is 7.66. The Bertz CT molecular complexity index is 1320. The fraction of sp³-hybridized carbons (Fsp3) is 0.174. The van der Waals surface area contributed by atoms with E-state index in [0.717, 1.165) is 34.8 Å². The van der Waals surface area contributed by atoms with Crippen LogP contribution >= 0.6 is 0 Å². The number of carbonyl (C=O) groups excluding carboxylic acids is 1. The predicted octanol–water partition coefficient (Wildman–Crippen LogP) is 5.82. The van der Waals surface area contributed by atoms with Gasteiger partial charge in [-0.2, -0.15) is 13.2 Å². The Hall–Kier alpha value is -3.88. The van der Waals surface area contributed by atoms with Crippen molar-refractivity contribution in [1.29, 1.82) is 0 Å². The molecule has 0 unspecified atom stereocenters. The molecule has 0 spiro atoms. The van der Waals surface area contributed by atoms with Gasteiger partial charge >= 0.3 is 6.18 Å². The molecule has 1 N–H and O–H groups in total. The maximum absolute atomic E-state index is 13.0. The number of alkyl halides is 3. The van der Waals surface area contributed by atoms with Crippen LogP contribution in [0.15, 0.2) is 42.5 Å². The summed E-state index contributed by atoms with van der Waals surface area (Å²) in [6, 6.07) is 9.62. The zero-order valence-electron chi connectivity index (χ0n) is 17.4. The van der Waals surface area contributed by atoms with Crippen LogP contribution in [0, 0.1) is 30.9 Å². The number of nitrogens with one attached hydrogen (secondary N) is 1. The van der Waals surface area contributed by atoms with E-state index < -0.39 is 22.6 Å². The molecule has 0 aliphatic carbocycles. The molecular weight excluding hydrogens is 423 g/mol. The first-order chi connectivity index (χ1) is 15.0. The molecule has 0 saturated carbocycles. The molecule has 4 rings (SSSR count). The van der Waals surface area contributed by atoms with Crippen LogP contribution < -0.4 is 5.32 Å². The number of nitro groups is 1. The first-order valence-electron chi connectivity index (χ1n) is 9.66. The Morgan fingerprint density at radius 3 is 2.41 bits per heavy atom. The number of aryl methyl sites for hydroxylation is 2. The van der Waals surface area contributed by atoms with Crippen LogP contribution in [0.5, 0.6) is 0 Å². The normalized spacial score (nSPS) is 14.6. The van der Waals surface area contributed by atoms with Gasteiger partial charge in [-0.1, -0.05) is 6.07 Å². The second kappa shape index (κ2) is 7.37. The molecule has 1 amide bonds. The van der Waals surface area contributed by atoms with E-state index in [1.54, 1.807) is 19.1 Å². The largest absolute Gasteiger partial charge is 0.416 e. The Morgan fingerprint density at radius 1 is 1.06 bits per heavy atom. The number of carbonyl (C=O) groups is 1. The van der Waals surface area contributed by atoms with Crippen molar-refractivity contribution in [2.75, 3.05) is 5.32 Å². The summed E-state index contributed by atoms with van der Waals surface area (Å²) in [4.78, 5) is 23.1. The van der Waals surface area contributed by atoms with Gasteiger partial charge in [0.2, 0.25) is 0 Å². The maximum Gasteiger partial charge on any atom is 0.416 e. The number of hydrogen-bond acceptors (Lipinski definition) is 3. The van der Waals surface area contributed by atoms with Crippen LogP contribution in [-0.4, -0.2) is 15.4 Å². The number of nitrogens with zero attached hydrogens (tertiary/aromatic N) is 2. The molecule has 164 valence electrons. The highest BCUT2D eigenvalue weighted by atomic mass is 19.4. The Morgan fingerprint density at radius 2 is 1.78 bits per heavy atom. The molecule has 0 bridgehead atoms. The molecule has 6 nitrogen and oxygen atoms in total. The number of hydrogen-bond donors (Lipinski definition) is 1. The summed E-state index contributed by atoms with van der Waals surface area (Å²) in [5.74, 6) is -0.476. The molecule has 1 aliphatic rings. The smallest absolute Gasteiger partial charge is 0.321 e. The van der Waals surface area contributed by atoms with Crippen LogP contribution in [0.4, 0.5) is 24.5 Å². The van der Waals surface area contributed by atoms with E-state index in [9.17, 15) is 28.1 Å². The highest BCUT2D eigenvalue weighted by Crippen LogP contribution is 2.39. The number of benzene rings is 2. The molecule has 32 heavy (non-hydrogen) atoms. The number of halogens is 3. The van der Waals surface area contributed by atoms with E-state index in [1.165, 1.54) is 18.2 Å². The van der Waals surface area contributed by atoms with Crippen molar-refractivity contribution in [1.82, 2.24) is 4.57 Å². The predicted molar refractivity (Wildman–Crippen MR) is 115 cm³/mol. The molecule has 0 radical (unpaired) electrons. The zero-order chi connectivity index (χ0) is 23.4. The van der Waals surface area contributed by atoms with Crippen LogP contribution in [-0.2, 0) is 11.0 Å². The van der Waals surface area contributed by atoms with Gasteiger partial charge in [-0.3, -0.25) is 14.9 Å². The average molecular weight is 441 g/mol. The van der Waals surface area contributed by atoms with Gasteiger partial charge in [0.25, 0.3) is 11.6 Å². The topological polar surface area (TPSA) is 77.2 Å². The van der Waals surface area contributed by atoms with Crippen LogP contribution in [0.1, 0.15) is 33.6 Å². The first-order valence-corrected chi connectivity index (χ1v) is 9.66. The molecule has 9 heteroatoms. The lowest BCUT2D eigenvalue weighted by molar-refractivity contribution is -0.384. The Labute approximate surface area is 181 Å². The van der Waals surface area contributed by atoms with E-state index in [4.69, 9.17) is 0 Å². The lowest BCUT2D eigenvalue weighted by atomic mass is 10.0. The van der Waals surface area contributed by atoms with Crippen molar-refractivity contribution >= 4 is 28.9 Å². The molecule has 1 aliphatic heterocycles. The number of non-ortho nitro benzene ring substituents is 1. The lowest BCUT2D eigenvalue weighted by Crippen LogP contribution is -2.06. The van der Waals surface area contributed by atoms with E-state index in [1.807, 2.05) is 24.5 Å². The Kier molecular flexibility index (Phi) is 4.92. The van der Waals surface area contributed by atoms with Crippen molar-refractivity contribution < 1.29 is 22.9 Å². The number of aromatic nitrogens is 1. The number of fused-ring (bicyclic) bond motifs is 1. The quantitative estimate of drug-likeness (QED) is 0.316. The van der Waals surface area contributed by atoms with E-state index in [-0.39, 0.29) is 16.9 Å². The lowest BCUT2D eigenvalue weighted by Gasteiger charge is -2.12. The summed E-state index contributed by atoms with van der Waals surface area (Å²) in [5, 5.41) is 13.5. The second-order valence-corrected chi connectivity index (χ2v) is 7.66. The molecule has 0 saturated heterocycles. The van der Waals surface area contributed by atoms with Gasteiger partial charge in [0.1, 0.15) is 0 Å². The van der Waals surface area contributed by atoms with Crippen molar-refractivity contribution in [2.45, 2.75) is 26.9 Å². The molecule has 2 heterocycles. The van der Waals surface area contributed by atoms with Crippen LogP contribution in [0.2, 0.25) is 0 Å². The van der Waals surface area contributed by atoms with E-state index >= 15 is 0 Å². The number of nitro benzene ring substituents is 1. The third kappa shape index (κ3) is 3.55. The Balaban J connectivity index is 1.78. The van der Waals surface area contributed by atoms with Gasteiger partial charge in [0.05, 0.1) is 10.5 Å². The molecule has 0 fully saturated rings. The minimum Gasteiger partial charge on any atom is -0.321 e.